The van der Waals surface area contributed by atoms with Crippen LogP contribution in [0.3, 0.4) is 0 Å². The molecule has 0 aromatic heterocycles. The van der Waals surface area contributed by atoms with Crippen LogP contribution in [0.5, 0.6) is 0 Å². The van der Waals surface area contributed by atoms with Crippen LogP contribution in [-0.4, -0.2) is 61.5 Å². The number of halogens is 1. The molecule has 4 atom stereocenters. The van der Waals surface area contributed by atoms with Gasteiger partial charge in [0.25, 0.3) is 0 Å². The number of carbonyl (C=O) groups excluding carboxylic acids is 3. The molecule has 0 bridgehead atoms. The van der Waals surface area contributed by atoms with Gasteiger partial charge in [0.2, 0.25) is 27.7 Å². The Morgan fingerprint density at radius 2 is 1.90 bits per heavy atom. The van der Waals surface area contributed by atoms with Gasteiger partial charge in [-0.1, -0.05) is 37.1 Å². The zero-order valence-electron chi connectivity index (χ0n) is 23.3. The van der Waals surface area contributed by atoms with E-state index in [0.29, 0.717) is 38.6 Å². The van der Waals surface area contributed by atoms with E-state index >= 15 is 0 Å². The predicted molar refractivity (Wildman–Crippen MR) is 151 cm³/mol. The lowest BCUT2D eigenvalue weighted by Gasteiger charge is -2.29. The van der Waals surface area contributed by atoms with E-state index < -0.39 is 38.6 Å². The Morgan fingerprint density at radius 3 is 2.60 bits per heavy atom. The van der Waals surface area contributed by atoms with E-state index in [-0.39, 0.29) is 29.3 Å². The lowest BCUT2D eigenvalue weighted by Crippen LogP contribution is -2.50. The summed E-state index contributed by atoms with van der Waals surface area (Å²) in [7, 11) is -2.04. The average molecular weight is 577 g/mol. The number of carbonyl (C=O) groups is 3. The van der Waals surface area contributed by atoms with Gasteiger partial charge in [-0.05, 0) is 76.3 Å². The maximum absolute atomic E-state index is 14.3. The number of amides is 3. The van der Waals surface area contributed by atoms with Gasteiger partial charge in [-0.15, -0.1) is 0 Å². The number of likely N-dealkylation sites (tertiary alicyclic amines) is 1. The van der Waals surface area contributed by atoms with Gasteiger partial charge in [-0.2, -0.15) is 0 Å². The lowest BCUT2D eigenvalue weighted by molar-refractivity contribution is -0.138. The Hall–Kier alpha value is -2.95. The first-order valence-corrected chi connectivity index (χ1v) is 15.8. The fraction of sp³-hybridized carbons (Fsp3) is 0.621. The maximum Gasteiger partial charge on any atom is 0.245 e. The van der Waals surface area contributed by atoms with Crippen LogP contribution >= 0.6 is 0 Å². The first-order valence-electron chi connectivity index (χ1n) is 14.3. The molecule has 1 aromatic rings. The second-order valence-corrected chi connectivity index (χ2v) is 13.7. The summed E-state index contributed by atoms with van der Waals surface area (Å²) < 4.78 is 40.3. The zero-order valence-corrected chi connectivity index (χ0v) is 24.1. The van der Waals surface area contributed by atoms with Gasteiger partial charge < -0.3 is 15.5 Å². The van der Waals surface area contributed by atoms with Crippen molar-refractivity contribution in [2.24, 2.45) is 11.8 Å². The Balaban J connectivity index is 1.22. The third-order valence-corrected chi connectivity index (χ3v) is 10.5. The molecule has 3 aliphatic rings. The third-order valence-electron chi connectivity index (χ3n) is 8.35. The summed E-state index contributed by atoms with van der Waals surface area (Å²) in [6, 6.07) is 5.12. The largest absolute Gasteiger partial charge is 0.371 e. The van der Waals surface area contributed by atoms with Crippen LogP contribution in [0.1, 0.15) is 71.1 Å². The first-order chi connectivity index (χ1) is 19.1. The van der Waals surface area contributed by atoms with Crippen molar-refractivity contribution >= 4 is 33.4 Å². The fourth-order valence-electron chi connectivity index (χ4n) is 5.26. The average Bonchev–Trinajstić information content (AvgIpc) is 3.83. The SMILES string of the molecule is CNC(=O)[C@@H]1CCCN1C(=O)[C@H](CCCCC/C=C\[C@@H]1C[C@@H]1C(=O)NS(=O)(=O)C1(C)CC1)Nc1ccccc1F. The highest BCUT2D eigenvalue weighted by Gasteiger charge is 2.52. The normalized spacial score (nSPS) is 24.0. The summed E-state index contributed by atoms with van der Waals surface area (Å²) >= 11 is 0. The molecule has 4 rings (SSSR count). The molecule has 11 heteroatoms. The molecule has 3 amide bonds. The van der Waals surface area contributed by atoms with Gasteiger partial charge in [0.15, 0.2) is 0 Å². The monoisotopic (exact) mass is 576 g/mol. The zero-order chi connectivity index (χ0) is 28.9. The van der Waals surface area contributed by atoms with E-state index in [2.05, 4.69) is 15.4 Å². The summed E-state index contributed by atoms with van der Waals surface area (Å²) in [5.41, 5.74) is 0.265. The molecular formula is C29H41FN4O5S. The number of nitrogens with one attached hydrogen (secondary N) is 3. The highest BCUT2D eigenvalue weighted by molar-refractivity contribution is 7.91. The van der Waals surface area contributed by atoms with Gasteiger partial charge in [0, 0.05) is 19.5 Å². The fourth-order valence-corrected chi connectivity index (χ4v) is 6.56. The maximum atomic E-state index is 14.3. The number of unbranched alkanes of at least 4 members (excludes halogenated alkanes) is 3. The Bertz CT molecular complexity index is 1230. The molecule has 3 N–H and O–H groups in total. The van der Waals surface area contributed by atoms with Gasteiger partial charge >= 0.3 is 0 Å². The van der Waals surface area contributed by atoms with Crippen LogP contribution in [0.2, 0.25) is 0 Å². The molecule has 1 heterocycles. The molecule has 1 saturated heterocycles. The number of anilines is 1. The number of benzene rings is 1. The number of sulfonamides is 1. The van der Waals surface area contributed by atoms with Crippen molar-refractivity contribution in [3.05, 3.63) is 42.2 Å². The molecule has 2 aliphatic carbocycles. The van der Waals surface area contributed by atoms with Crippen LogP contribution in [0.4, 0.5) is 10.1 Å². The minimum atomic E-state index is -3.60. The van der Waals surface area contributed by atoms with Crippen molar-refractivity contribution in [3.8, 4) is 0 Å². The second kappa shape index (κ2) is 12.7. The van der Waals surface area contributed by atoms with Crippen molar-refractivity contribution in [2.75, 3.05) is 18.9 Å². The molecule has 0 radical (unpaired) electrons. The van der Waals surface area contributed by atoms with Crippen LogP contribution in [0.15, 0.2) is 36.4 Å². The number of hydrogen-bond acceptors (Lipinski definition) is 6. The predicted octanol–water partition coefficient (Wildman–Crippen LogP) is 3.48. The summed E-state index contributed by atoms with van der Waals surface area (Å²) in [5, 5.41) is 5.71. The van der Waals surface area contributed by atoms with Crippen molar-refractivity contribution < 1.29 is 27.2 Å². The molecule has 0 spiro atoms. The number of likely N-dealkylation sites (N-methyl/N-ethyl adjacent to an activating group) is 1. The van der Waals surface area contributed by atoms with E-state index in [4.69, 9.17) is 0 Å². The Labute approximate surface area is 236 Å². The summed E-state index contributed by atoms with van der Waals surface area (Å²) in [5.74, 6) is -1.42. The van der Waals surface area contributed by atoms with Crippen molar-refractivity contribution in [1.29, 1.82) is 0 Å². The molecule has 1 aromatic carbocycles. The van der Waals surface area contributed by atoms with Crippen LogP contribution in [-0.2, 0) is 24.4 Å². The molecule has 40 heavy (non-hydrogen) atoms. The quantitative estimate of drug-likeness (QED) is 0.230. The van der Waals surface area contributed by atoms with Crippen LogP contribution < -0.4 is 15.4 Å². The van der Waals surface area contributed by atoms with Crippen molar-refractivity contribution in [3.63, 3.8) is 0 Å². The number of hydrogen-bond donors (Lipinski definition) is 3. The minimum Gasteiger partial charge on any atom is -0.371 e. The molecular weight excluding hydrogens is 535 g/mol. The molecule has 0 unspecified atom stereocenters. The standard InChI is InChI=1S/C29H41FN4O5S/c1-29(16-17-29)40(38,39)33-26(35)21-19-20(21)11-6-4-3-5-7-14-24(32-23-13-9-8-12-22(23)30)28(37)34-18-10-15-25(34)27(36)31-2/h6,8-9,11-13,20-21,24-25,32H,3-5,7,10,14-19H2,1-2H3,(H,31,36)(H,33,35)/b11-6-/t20-,21+,24+,25+/m1/s1. The highest BCUT2D eigenvalue weighted by Crippen LogP contribution is 2.44. The topological polar surface area (TPSA) is 125 Å². The van der Waals surface area contributed by atoms with E-state index in [1.807, 2.05) is 12.2 Å². The van der Waals surface area contributed by atoms with E-state index in [9.17, 15) is 27.2 Å². The molecule has 2 saturated carbocycles. The van der Waals surface area contributed by atoms with Gasteiger partial charge in [-0.25, -0.2) is 12.8 Å². The number of rotatable bonds is 14. The van der Waals surface area contributed by atoms with E-state index in [0.717, 1.165) is 32.1 Å². The third kappa shape index (κ3) is 7.21. The Morgan fingerprint density at radius 1 is 1.15 bits per heavy atom. The van der Waals surface area contributed by atoms with Crippen molar-refractivity contribution in [1.82, 2.24) is 14.9 Å². The lowest BCUT2D eigenvalue weighted by atomic mass is 10.0. The Kier molecular flexibility index (Phi) is 9.53. The number of allylic oxidation sites excluding steroid dienone is 2. The summed E-state index contributed by atoms with van der Waals surface area (Å²) in [4.78, 5) is 39.7. The molecule has 9 nitrogen and oxygen atoms in total. The van der Waals surface area contributed by atoms with Crippen LogP contribution in [0, 0.1) is 17.7 Å². The molecule has 3 fully saturated rings. The summed E-state index contributed by atoms with van der Waals surface area (Å²) in [6.07, 6.45) is 11.0. The van der Waals surface area contributed by atoms with Crippen molar-refractivity contribution in [2.45, 2.75) is 88.0 Å². The van der Waals surface area contributed by atoms with Gasteiger partial charge in [0.1, 0.15) is 17.9 Å². The van der Waals surface area contributed by atoms with Gasteiger partial charge in [-0.3, -0.25) is 19.1 Å². The van der Waals surface area contributed by atoms with Crippen LogP contribution in [0.25, 0.3) is 0 Å². The molecule has 1 aliphatic heterocycles. The second-order valence-electron chi connectivity index (χ2n) is 11.5. The van der Waals surface area contributed by atoms with E-state index in [1.54, 1.807) is 37.1 Å². The first kappa shape index (κ1) is 30.0. The van der Waals surface area contributed by atoms with Gasteiger partial charge in [0.05, 0.1) is 10.4 Å². The smallest absolute Gasteiger partial charge is 0.245 e. The number of para-hydroxylation sites is 1. The number of nitrogens with zero attached hydrogens (tertiary/aromatic N) is 1. The van der Waals surface area contributed by atoms with E-state index in [1.165, 1.54) is 6.07 Å². The summed E-state index contributed by atoms with van der Waals surface area (Å²) in [6.45, 7) is 2.16. The minimum absolute atomic E-state index is 0.0721. The molecule has 220 valence electrons. The highest BCUT2D eigenvalue weighted by atomic mass is 32.2.